The van der Waals surface area contributed by atoms with Crippen LogP contribution in [-0.2, 0) is 6.42 Å². The van der Waals surface area contributed by atoms with Crippen LogP contribution in [0.5, 0.6) is 0 Å². The predicted octanol–water partition coefficient (Wildman–Crippen LogP) is 3.55. The molecule has 0 aliphatic heterocycles. The summed E-state index contributed by atoms with van der Waals surface area (Å²) in [5.74, 6) is 0.820. The Morgan fingerprint density at radius 2 is 1.94 bits per heavy atom. The molecule has 88 valence electrons. The number of halogens is 2. The highest BCUT2D eigenvalue weighted by atomic mass is 79.9. The molecule has 1 aromatic carbocycles. The maximum Gasteiger partial charge on any atom is 0.130 e. The molecule has 0 radical (unpaired) electrons. The zero-order chi connectivity index (χ0) is 12.1. The minimum Gasteiger partial charge on any atom is -0.370 e. The van der Waals surface area contributed by atoms with E-state index in [1.807, 2.05) is 30.3 Å². The fourth-order valence-corrected chi connectivity index (χ4v) is 1.85. The highest BCUT2D eigenvalue weighted by molar-refractivity contribution is 9.10. The molecule has 2 aromatic rings. The Kier molecular flexibility index (Phi) is 4.34. The van der Waals surface area contributed by atoms with Crippen molar-refractivity contribution in [1.82, 2.24) is 9.97 Å². The Morgan fingerprint density at radius 1 is 1.18 bits per heavy atom. The molecule has 0 saturated heterocycles. The molecular weight excluding hydrogens is 302 g/mol. The molecule has 0 spiro atoms. The van der Waals surface area contributed by atoms with Crippen molar-refractivity contribution < 1.29 is 0 Å². The van der Waals surface area contributed by atoms with Gasteiger partial charge in [0.2, 0.25) is 0 Å². The van der Waals surface area contributed by atoms with Crippen molar-refractivity contribution >= 4 is 33.3 Å². The van der Waals surface area contributed by atoms with Gasteiger partial charge in [0.25, 0.3) is 0 Å². The number of nitrogens with zero attached hydrogens (tertiary/aromatic N) is 2. The van der Waals surface area contributed by atoms with Crippen LogP contribution in [0.25, 0.3) is 0 Å². The van der Waals surface area contributed by atoms with Crippen LogP contribution >= 0.6 is 27.5 Å². The summed E-state index contributed by atoms with van der Waals surface area (Å²) in [5.41, 5.74) is 1.25. The monoisotopic (exact) mass is 311 g/mol. The maximum absolute atomic E-state index is 5.82. The number of hydrogen-bond acceptors (Lipinski definition) is 3. The largest absolute Gasteiger partial charge is 0.370 e. The Bertz CT molecular complexity index is 487. The van der Waals surface area contributed by atoms with Crippen molar-refractivity contribution in [3.05, 3.63) is 51.8 Å². The molecule has 1 heterocycles. The third kappa shape index (κ3) is 3.98. The minimum atomic E-state index is 0.765. The molecule has 2 rings (SSSR count). The van der Waals surface area contributed by atoms with Crippen molar-refractivity contribution in [3.8, 4) is 0 Å². The van der Waals surface area contributed by atoms with Crippen LogP contribution in [-0.4, -0.2) is 16.5 Å². The molecule has 1 N–H and O–H groups in total. The van der Waals surface area contributed by atoms with Gasteiger partial charge in [-0.25, -0.2) is 9.97 Å². The lowest BCUT2D eigenvalue weighted by Gasteiger charge is -2.05. The van der Waals surface area contributed by atoms with Crippen LogP contribution in [0.1, 0.15) is 5.56 Å². The van der Waals surface area contributed by atoms with Gasteiger partial charge < -0.3 is 5.32 Å². The van der Waals surface area contributed by atoms with Gasteiger partial charge in [0.15, 0.2) is 0 Å². The van der Waals surface area contributed by atoms with E-state index in [4.69, 9.17) is 11.6 Å². The Balaban J connectivity index is 1.85. The Labute approximate surface area is 113 Å². The van der Waals surface area contributed by atoms with Gasteiger partial charge in [0.1, 0.15) is 16.7 Å². The van der Waals surface area contributed by atoms with Crippen LogP contribution in [0.3, 0.4) is 0 Å². The number of hydrogen-bond donors (Lipinski definition) is 1. The first-order valence-electron chi connectivity index (χ1n) is 5.20. The molecule has 1 aromatic heterocycles. The molecule has 3 nitrogen and oxygen atoms in total. The fraction of sp³-hybridized carbons (Fsp3) is 0.167. The summed E-state index contributed by atoms with van der Waals surface area (Å²) < 4.78 is 0.779. The van der Waals surface area contributed by atoms with Crippen LogP contribution in [0.4, 0.5) is 5.82 Å². The van der Waals surface area contributed by atoms with Crippen molar-refractivity contribution in [3.63, 3.8) is 0 Å². The van der Waals surface area contributed by atoms with Crippen molar-refractivity contribution in [2.24, 2.45) is 0 Å². The molecule has 0 amide bonds. The van der Waals surface area contributed by atoms with Crippen LogP contribution < -0.4 is 5.32 Å². The van der Waals surface area contributed by atoms with E-state index >= 15 is 0 Å². The SMILES string of the molecule is Clc1ccc(CCNc2cc(Br)ncn2)cc1. The number of aromatic nitrogens is 2. The average molecular weight is 313 g/mol. The van der Waals surface area contributed by atoms with E-state index in [1.54, 1.807) is 0 Å². The van der Waals surface area contributed by atoms with Crippen LogP contribution in [0, 0.1) is 0 Å². The maximum atomic E-state index is 5.82. The van der Waals surface area contributed by atoms with Gasteiger partial charge >= 0.3 is 0 Å². The van der Waals surface area contributed by atoms with Crippen molar-refractivity contribution in [1.29, 1.82) is 0 Å². The van der Waals surface area contributed by atoms with E-state index in [9.17, 15) is 0 Å². The summed E-state index contributed by atoms with van der Waals surface area (Å²) >= 11 is 9.12. The first-order chi connectivity index (χ1) is 8.24. The van der Waals surface area contributed by atoms with Crippen LogP contribution in [0.2, 0.25) is 5.02 Å². The lowest BCUT2D eigenvalue weighted by atomic mass is 10.1. The third-order valence-electron chi connectivity index (χ3n) is 2.27. The highest BCUT2D eigenvalue weighted by Crippen LogP contribution is 2.11. The summed E-state index contributed by atoms with van der Waals surface area (Å²) in [5, 5.41) is 4.00. The normalized spacial score (nSPS) is 10.2. The summed E-state index contributed by atoms with van der Waals surface area (Å²) in [7, 11) is 0. The molecule has 0 saturated carbocycles. The zero-order valence-corrected chi connectivity index (χ0v) is 11.4. The lowest BCUT2D eigenvalue weighted by Crippen LogP contribution is -2.06. The van der Waals surface area contributed by atoms with E-state index < -0.39 is 0 Å². The Hall–Kier alpha value is -1.13. The molecule has 0 bridgehead atoms. The number of benzene rings is 1. The average Bonchev–Trinajstić information content (AvgIpc) is 2.32. The van der Waals surface area contributed by atoms with E-state index in [-0.39, 0.29) is 0 Å². The second kappa shape index (κ2) is 5.98. The third-order valence-corrected chi connectivity index (χ3v) is 2.95. The molecule has 0 fully saturated rings. The first-order valence-corrected chi connectivity index (χ1v) is 6.37. The molecule has 0 aliphatic carbocycles. The van der Waals surface area contributed by atoms with Gasteiger partial charge in [-0.1, -0.05) is 23.7 Å². The first kappa shape index (κ1) is 12.3. The van der Waals surface area contributed by atoms with E-state index in [0.29, 0.717) is 0 Å². The topological polar surface area (TPSA) is 37.8 Å². The zero-order valence-electron chi connectivity index (χ0n) is 9.03. The number of nitrogens with one attached hydrogen (secondary N) is 1. The van der Waals surface area contributed by atoms with E-state index in [1.165, 1.54) is 11.9 Å². The molecule has 17 heavy (non-hydrogen) atoms. The fourth-order valence-electron chi connectivity index (χ4n) is 1.42. The van der Waals surface area contributed by atoms with Gasteiger partial charge in [-0.3, -0.25) is 0 Å². The Morgan fingerprint density at radius 3 is 2.65 bits per heavy atom. The molecular formula is C12H11BrClN3. The van der Waals surface area contributed by atoms with Crippen LogP contribution in [0.15, 0.2) is 41.3 Å². The molecule has 0 aliphatic rings. The van der Waals surface area contributed by atoms with Gasteiger partial charge in [-0.05, 0) is 40.0 Å². The highest BCUT2D eigenvalue weighted by Gasteiger charge is 1.96. The lowest BCUT2D eigenvalue weighted by molar-refractivity contribution is 0.996. The summed E-state index contributed by atoms with van der Waals surface area (Å²) in [6.45, 7) is 0.824. The van der Waals surface area contributed by atoms with Crippen molar-refractivity contribution in [2.45, 2.75) is 6.42 Å². The smallest absolute Gasteiger partial charge is 0.130 e. The molecule has 0 atom stereocenters. The van der Waals surface area contributed by atoms with Gasteiger partial charge in [0, 0.05) is 17.6 Å². The van der Waals surface area contributed by atoms with Gasteiger partial charge in [0.05, 0.1) is 0 Å². The molecule has 0 unspecified atom stereocenters. The standard InChI is InChI=1S/C12H11BrClN3/c13-11-7-12(17-8-16-11)15-6-5-9-1-3-10(14)4-2-9/h1-4,7-8H,5-6H2,(H,15,16,17). The summed E-state index contributed by atoms with van der Waals surface area (Å²) in [4.78, 5) is 8.08. The summed E-state index contributed by atoms with van der Waals surface area (Å²) in [6, 6.07) is 9.71. The van der Waals surface area contributed by atoms with Gasteiger partial charge in [-0.2, -0.15) is 0 Å². The second-order valence-corrected chi connectivity index (χ2v) is 4.78. The van der Waals surface area contributed by atoms with E-state index in [0.717, 1.165) is 28.4 Å². The van der Waals surface area contributed by atoms with E-state index in [2.05, 4.69) is 31.2 Å². The van der Waals surface area contributed by atoms with Gasteiger partial charge in [-0.15, -0.1) is 0 Å². The number of anilines is 1. The predicted molar refractivity (Wildman–Crippen MR) is 73.4 cm³/mol. The number of rotatable bonds is 4. The molecule has 5 heteroatoms. The van der Waals surface area contributed by atoms with Crippen molar-refractivity contribution in [2.75, 3.05) is 11.9 Å². The quantitative estimate of drug-likeness (QED) is 0.877. The second-order valence-electron chi connectivity index (χ2n) is 3.53. The summed E-state index contributed by atoms with van der Waals surface area (Å²) in [6.07, 6.45) is 2.45. The minimum absolute atomic E-state index is 0.765.